The lowest BCUT2D eigenvalue weighted by Crippen LogP contribution is -2.31. The zero-order chi connectivity index (χ0) is 19.1. The van der Waals surface area contributed by atoms with Gasteiger partial charge in [0.2, 0.25) is 5.75 Å². The first-order valence-corrected chi connectivity index (χ1v) is 8.95. The molecule has 1 aromatic carbocycles. The Bertz CT molecular complexity index is 801. The molecule has 1 aromatic rings. The molecule has 0 radical (unpaired) electrons. The molecule has 0 bridgehead atoms. The van der Waals surface area contributed by atoms with Crippen LogP contribution in [0.4, 0.5) is 0 Å². The first kappa shape index (κ1) is 18.4. The van der Waals surface area contributed by atoms with Crippen molar-refractivity contribution in [2.24, 2.45) is 5.41 Å². The second kappa shape index (κ2) is 6.42. The molecular formula is C22H28O4. The molecule has 0 aromatic heterocycles. The van der Waals surface area contributed by atoms with Gasteiger partial charge in [-0.3, -0.25) is 0 Å². The van der Waals surface area contributed by atoms with Crippen molar-refractivity contribution in [1.29, 1.82) is 0 Å². The summed E-state index contributed by atoms with van der Waals surface area (Å²) in [7, 11) is 3.07. The van der Waals surface area contributed by atoms with E-state index < -0.39 is 0 Å². The molecule has 1 saturated heterocycles. The van der Waals surface area contributed by atoms with Gasteiger partial charge in [0.25, 0.3) is 0 Å². The fourth-order valence-corrected chi connectivity index (χ4v) is 3.70. The topological polar surface area (TPSA) is 47.9 Å². The molecule has 1 aliphatic heterocycles. The maximum absolute atomic E-state index is 10.3. The zero-order valence-electron chi connectivity index (χ0n) is 16.3. The van der Waals surface area contributed by atoms with Crippen LogP contribution < -0.4 is 9.47 Å². The van der Waals surface area contributed by atoms with E-state index in [4.69, 9.17) is 14.2 Å². The van der Waals surface area contributed by atoms with Crippen LogP contribution >= 0.6 is 0 Å². The van der Waals surface area contributed by atoms with E-state index in [-0.39, 0.29) is 16.8 Å². The van der Waals surface area contributed by atoms with E-state index in [9.17, 15) is 5.11 Å². The third-order valence-electron chi connectivity index (χ3n) is 5.40. The largest absolute Gasteiger partial charge is 0.504 e. The lowest BCUT2D eigenvalue weighted by atomic mass is 9.71. The van der Waals surface area contributed by atoms with Crippen molar-refractivity contribution >= 4 is 5.57 Å². The van der Waals surface area contributed by atoms with Crippen molar-refractivity contribution in [3.05, 3.63) is 47.8 Å². The summed E-state index contributed by atoms with van der Waals surface area (Å²) in [6.45, 7) is 10.8. The minimum Gasteiger partial charge on any atom is -0.504 e. The van der Waals surface area contributed by atoms with Crippen LogP contribution in [0, 0.1) is 5.41 Å². The van der Waals surface area contributed by atoms with Gasteiger partial charge in [-0.25, -0.2) is 0 Å². The van der Waals surface area contributed by atoms with E-state index in [1.54, 1.807) is 13.2 Å². The molecule has 0 amide bonds. The van der Waals surface area contributed by atoms with Crippen molar-refractivity contribution in [3.63, 3.8) is 0 Å². The van der Waals surface area contributed by atoms with Crippen LogP contribution in [0.3, 0.4) is 0 Å². The van der Waals surface area contributed by atoms with Crippen LogP contribution in [0.15, 0.2) is 42.2 Å². The number of hydrogen-bond acceptors (Lipinski definition) is 4. The molecule has 4 nitrogen and oxygen atoms in total. The third kappa shape index (κ3) is 3.20. The number of rotatable bonds is 4. The number of allylic oxidation sites excluding steroid dienone is 4. The van der Waals surface area contributed by atoms with Gasteiger partial charge < -0.3 is 19.3 Å². The Kier molecular flexibility index (Phi) is 4.55. The molecule has 0 spiro atoms. The highest BCUT2D eigenvalue weighted by atomic mass is 16.5. The van der Waals surface area contributed by atoms with Gasteiger partial charge in [0, 0.05) is 5.41 Å². The van der Waals surface area contributed by atoms with Crippen molar-refractivity contribution < 1.29 is 19.3 Å². The van der Waals surface area contributed by atoms with Gasteiger partial charge in [0.1, 0.15) is 11.4 Å². The molecule has 1 atom stereocenters. The SMILES string of the molecule is C=C(c1cc(O)c(OC)c(OC)c1)C1(C)C=C2CCC(C)(C)OC2=CC1. The molecule has 3 rings (SSSR count). The van der Waals surface area contributed by atoms with E-state index in [0.29, 0.717) is 11.5 Å². The molecule has 1 aliphatic carbocycles. The number of phenolic OH excluding ortho intramolecular Hbond substituents is 1. The summed E-state index contributed by atoms with van der Waals surface area (Å²) in [5.74, 6) is 1.88. The number of aromatic hydroxyl groups is 1. The summed E-state index contributed by atoms with van der Waals surface area (Å²) in [6, 6.07) is 3.55. The van der Waals surface area contributed by atoms with Crippen LogP contribution in [0.5, 0.6) is 17.2 Å². The quantitative estimate of drug-likeness (QED) is 0.802. The van der Waals surface area contributed by atoms with E-state index in [1.807, 2.05) is 6.07 Å². The number of methoxy groups -OCH3 is 2. The fraction of sp³-hybridized carbons (Fsp3) is 0.455. The second-order valence-electron chi connectivity index (χ2n) is 7.93. The lowest BCUT2D eigenvalue weighted by molar-refractivity contribution is 0.0133. The number of hydrogen-bond donors (Lipinski definition) is 1. The van der Waals surface area contributed by atoms with Crippen LogP contribution in [-0.2, 0) is 4.74 Å². The van der Waals surface area contributed by atoms with Crippen LogP contribution in [0.25, 0.3) is 5.57 Å². The monoisotopic (exact) mass is 356 g/mol. The molecule has 1 unspecified atom stereocenters. The predicted molar refractivity (Wildman–Crippen MR) is 104 cm³/mol. The maximum atomic E-state index is 10.3. The number of benzene rings is 1. The summed E-state index contributed by atoms with van der Waals surface area (Å²) in [4.78, 5) is 0. The highest BCUT2D eigenvalue weighted by molar-refractivity contribution is 5.75. The van der Waals surface area contributed by atoms with Crippen molar-refractivity contribution in [2.45, 2.75) is 45.6 Å². The van der Waals surface area contributed by atoms with Crippen LogP contribution in [0.1, 0.15) is 45.6 Å². The lowest BCUT2D eigenvalue weighted by Gasteiger charge is -2.40. The summed E-state index contributed by atoms with van der Waals surface area (Å²) in [5.41, 5.74) is 2.66. The number of fused-ring (bicyclic) bond motifs is 1. The zero-order valence-corrected chi connectivity index (χ0v) is 16.3. The summed E-state index contributed by atoms with van der Waals surface area (Å²) in [5, 5.41) is 10.3. The third-order valence-corrected chi connectivity index (χ3v) is 5.40. The molecule has 4 heteroatoms. The van der Waals surface area contributed by atoms with Crippen molar-refractivity contribution in [1.82, 2.24) is 0 Å². The fourth-order valence-electron chi connectivity index (χ4n) is 3.70. The van der Waals surface area contributed by atoms with E-state index in [0.717, 1.165) is 36.2 Å². The summed E-state index contributed by atoms with van der Waals surface area (Å²) in [6.07, 6.45) is 7.24. The Hall–Kier alpha value is -2.36. The Morgan fingerprint density at radius 1 is 1.19 bits per heavy atom. The van der Waals surface area contributed by atoms with E-state index >= 15 is 0 Å². The van der Waals surface area contributed by atoms with Crippen LogP contribution in [-0.4, -0.2) is 24.9 Å². The van der Waals surface area contributed by atoms with Crippen molar-refractivity contribution in [2.75, 3.05) is 14.2 Å². The Morgan fingerprint density at radius 2 is 1.92 bits per heavy atom. The van der Waals surface area contributed by atoms with Gasteiger partial charge in [0.05, 0.1) is 14.2 Å². The first-order chi connectivity index (χ1) is 12.2. The van der Waals surface area contributed by atoms with Crippen molar-refractivity contribution in [3.8, 4) is 17.2 Å². The summed E-state index contributed by atoms with van der Waals surface area (Å²) < 4.78 is 16.7. The minimum atomic E-state index is -0.240. The van der Waals surface area contributed by atoms with Gasteiger partial charge in [-0.1, -0.05) is 19.6 Å². The molecular weight excluding hydrogens is 328 g/mol. The first-order valence-electron chi connectivity index (χ1n) is 8.95. The highest BCUT2D eigenvalue weighted by Crippen LogP contribution is 2.49. The maximum Gasteiger partial charge on any atom is 0.203 e. The molecule has 0 saturated carbocycles. The molecule has 1 heterocycles. The molecule has 1 fully saturated rings. The minimum absolute atomic E-state index is 0.0500. The Morgan fingerprint density at radius 3 is 2.58 bits per heavy atom. The molecule has 1 N–H and O–H groups in total. The second-order valence-corrected chi connectivity index (χ2v) is 7.93. The van der Waals surface area contributed by atoms with E-state index in [1.165, 1.54) is 12.7 Å². The average molecular weight is 356 g/mol. The van der Waals surface area contributed by atoms with Gasteiger partial charge in [0.15, 0.2) is 11.5 Å². The van der Waals surface area contributed by atoms with Gasteiger partial charge in [-0.15, -0.1) is 0 Å². The molecule has 140 valence electrons. The van der Waals surface area contributed by atoms with Gasteiger partial charge in [-0.2, -0.15) is 0 Å². The van der Waals surface area contributed by atoms with Crippen LogP contribution in [0.2, 0.25) is 0 Å². The Balaban J connectivity index is 1.93. The Labute approximate surface area is 155 Å². The van der Waals surface area contributed by atoms with Gasteiger partial charge >= 0.3 is 0 Å². The van der Waals surface area contributed by atoms with E-state index in [2.05, 4.69) is 39.5 Å². The molecule has 26 heavy (non-hydrogen) atoms. The molecule has 2 aliphatic rings. The number of ether oxygens (including phenoxy) is 3. The normalized spacial score (nSPS) is 23.9. The summed E-state index contributed by atoms with van der Waals surface area (Å²) >= 11 is 0. The predicted octanol–water partition coefficient (Wildman–Crippen LogP) is 5.23. The number of phenols is 1. The smallest absolute Gasteiger partial charge is 0.203 e. The standard InChI is InChI=1S/C22H28O4/c1-14(16-11-17(23)20(25-6)19(12-16)24-5)22(4)10-8-18-15(13-22)7-9-21(2,3)26-18/h8,11-13,23H,1,7,9-10H2,2-6H3. The highest BCUT2D eigenvalue weighted by Gasteiger charge is 2.36. The van der Waals surface area contributed by atoms with Gasteiger partial charge in [-0.05, 0) is 68.0 Å². The average Bonchev–Trinajstić information content (AvgIpc) is 2.60.